The summed E-state index contributed by atoms with van der Waals surface area (Å²) in [7, 11) is 0. The molecule has 0 radical (unpaired) electrons. The van der Waals surface area contributed by atoms with Gasteiger partial charge in [0.15, 0.2) is 0 Å². The van der Waals surface area contributed by atoms with Gasteiger partial charge in [-0.25, -0.2) is 4.79 Å². The minimum absolute atomic E-state index is 0.0325. The zero-order valence-electron chi connectivity index (χ0n) is 14.9. The second-order valence-corrected chi connectivity index (χ2v) is 7.51. The molecule has 6 heteroatoms. The monoisotopic (exact) mass is 345 g/mol. The highest BCUT2D eigenvalue weighted by Gasteiger charge is 2.50. The Hall–Kier alpha value is -2.08. The fourth-order valence-electron chi connectivity index (χ4n) is 3.42. The van der Waals surface area contributed by atoms with Gasteiger partial charge >= 0.3 is 6.03 Å². The van der Waals surface area contributed by atoms with E-state index in [2.05, 4.69) is 29.8 Å². The number of urea groups is 1. The average molecular weight is 345 g/mol. The molecule has 3 amide bonds. The first-order chi connectivity index (χ1) is 12.0. The summed E-state index contributed by atoms with van der Waals surface area (Å²) in [6, 6.07) is 7.24. The molecule has 1 aromatic carbocycles. The van der Waals surface area contributed by atoms with Gasteiger partial charge in [0.1, 0.15) is 0 Å². The average Bonchev–Trinajstić information content (AvgIpc) is 2.50. The van der Waals surface area contributed by atoms with Gasteiger partial charge in [0.05, 0.1) is 24.6 Å². The summed E-state index contributed by atoms with van der Waals surface area (Å²) < 4.78 is 5.25. The normalized spacial score (nSPS) is 19.4. The molecule has 3 rings (SSSR count). The molecule has 6 nitrogen and oxygen atoms in total. The van der Waals surface area contributed by atoms with Crippen molar-refractivity contribution in [1.82, 2.24) is 5.32 Å². The van der Waals surface area contributed by atoms with Gasteiger partial charge in [-0.1, -0.05) is 32.4 Å². The highest BCUT2D eigenvalue weighted by atomic mass is 16.5. The van der Waals surface area contributed by atoms with Gasteiger partial charge in [-0.05, 0) is 30.9 Å². The molecular weight excluding hydrogens is 318 g/mol. The predicted octanol–water partition coefficient (Wildman–Crippen LogP) is 3.36. The molecule has 1 heterocycles. The number of anilines is 2. The molecule has 2 fully saturated rings. The summed E-state index contributed by atoms with van der Waals surface area (Å²) in [5.41, 5.74) is 1.56. The summed E-state index contributed by atoms with van der Waals surface area (Å²) in [5.74, 6) is 0.305. The van der Waals surface area contributed by atoms with Crippen molar-refractivity contribution in [2.24, 2.45) is 11.3 Å². The van der Waals surface area contributed by atoms with Gasteiger partial charge < -0.3 is 20.7 Å². The van der Waals surface area contributed by atoms with Crippen LogP contribution in [0.5, 0.6) is 0 Å². The summed E-state index contributed by atoms with van der Waals surface area (Å²) in [4.78, 5) is 24.3. The first-order valence-corrected chi connectivity index (χ1v) is 9.04. The zero-order valence-corrected chi connectivity index (χ0v) is 14.9. The topological polar surface area (TPSA) is 79.5 Å². The first-order valence-electron chi connectivity index (χ1n) is 9.04. The lowest BCUT2D eigenvalue weighted by molar-refractivity contribution is -0.165. The van der Waals surface area contributed by atoms with E-state index in [1.54, 1.807) is 12.1 Å². The molecule has 1 saturated heterocycles. The van der Waals surface area contributed by atoms with Crippen LogP contribution in [-0.2, 0) is 9.53 Å². The van der Waals surface area contributed by atoms with Crippen molar-refractivity contribution in [3.05, 3.63) is 24.3 Å². The Morgan fingerprint density at radius 3 is 2.40 bits per heavy atom. The van der Waals surface area contributed by atoms with Crippen molar-refractivity contribution in [2.75, 3.05) is 23.8 Å². The van der Waals surface area contributed by atoms with E-state index in [-0.39, 0.29) is 18.0 Å². The van der Waals surface area contributed by atoms with Crippen LogP contribution >= 0.6 is 0 Å². The molecular formula is C19H27N3O3. The largest absolute Gasteiger partial charge is 0.380 e. The number of hydrogen-bond acceptors (Lipinski definition) is 3. The van der Waals surface area contributed by atoms with Crippen molar-refractivity contribution < 1.29 is 14.3 Å². The number of carbonyl (C=O) groups is 2. The number of hydrogen-bond donors (Lipinski definition) is 3. The van der Waals surface area contributed by atoms with Gasteiger partial charge in [-0.2, -0.15) is 0 Å². The number of benzene rings is 1. The van der Waals surface area contributed by atoms with Crippen molar-refractivity contribution in [3.8, 4) is 0 Å². The van der Waals surface area contributed by atoms with Gasteiger partial charge in [-0.3, -0.25) is 4.79 Å². The van der Waals surface area contributed by atoms with E-state index in [0.717, 1.165) is 32.5 Å². The Kier molecular flexibility index (Phi) is 5.27. The standard InChI is InChI=1S/C19H27N3O3/c1-3-13(2)8-17(23)21-15-6-4-5-7-16(15)22-18(24)20-14-9-19(10-14)11-25-12-19/h4-7,13-14H,3,8-12H2,1-2H3,(H,21,23)(H2,20,22,24). The van der Waals surface area contributed by atoms with Gasteiger partial charge in [-0.15, -0.1) is 0 Å². The summed E-state index contributed by atoms with van der Waals surface area (Å²) in [6.07, 6.45) is 3.40. The molecule has 1 aromatic rings. The molecule has 1 spiro atoms. The third-order valence-electron chi connectivity index (χ3n) is 5.19. The van der Waals surface area contributed by atoms with E-state index in [1.165, 1.54) is 0 Å². The molecule has 0 bridgehead atoms. The minimum atomic E-state index is -0.233. The van der Waals surface area contributed by atoms with Crippen molar-refractivity contribution >= 4 is 23.3 Å². The lowest BCUT2D eigenvalue weighted by Crippen LogP contribution is -2.60. The van der Waals surface area contributed by atoms with E-state index >= 15 is 0 Å². The van der Waals surface area contributed by atoms with Crippen LogP contribution in [0.15, 0.2) is 24.3 Å². The predicted molar refractivity (Wildman–Crippen MR) is 97.6 cm³/mol. The third-order valence-corrected chi connectivity index (χ3v) is 5.19. The lowest BCUT2D eigenvalue weighted by Gasteiger charge is -2.53. The van der Waals surface area contributed by atoms with Crippen molar-refractivity contribution in [2.45, 2.75) is 45.6 Å². The SMILES string of the molecule is CCC(C)CC(=O)Nc1ccccc1NC(=O)NC1CC2(COC2)C1. The van der Waals surface area contributed by atoms with E-state index in [1.807, 2.05) is 12.1 Å². The maximum atomic E-state index is 12.2. The fourth-order valence-corrected chi connectivity index (χ4v) is 3.42. The number of para-hydroxylation sites is 2. The molecule has 1 aliphatic carbocycles. The number of ether oxygens (including phenoxy) is 1. The molecule has 1 aliphatic heterocycles. The molecule has 1 atom stereocenters. The van der Waals surface area contributed by atoms with E-state index in [0.29, 0.717) is 29.1 Å². The summed E-state index contributed by atoms with van der Waals surface area (Å²) >= 11 is 0. The van der Waals surface area contributed by atoms with Gasteiger partial charge in [0, 0.05) is 17.9 Å². The molecule has 1 saturated carbocycles. The van der Waals surface area contributed by atoms with E-state index < -0.39 is 0 Å². The Bertz CT molecular complexity index is 635. The van der Waals surface area contributed by atoms with Crippen LogP contribution < -0.4 is 16.0 Å². The van der Waals surface area contributed by atoms with E-state index in [4.69, 9.17) is 4.74 Å². The van der Waals surface area contributed by atoms with E-state index in [9.17, 15) is 9.59 Å². The van der Waals surface area contributed by atoms with Crippen molar-refractivity contribution in [3.63, 3.8) is 0 Å². The Balaban J connectivity index is 1.51. The van der Waals surface area contributed by atoms with Crippen molar-refractivity contribution in [1.29, 1.82) is 0 Å². The number of amides is 3. The molecule has 3 N–H and O–H groups in total. The fraction of sp³-hybridized carbons (Fsp3) is 0.579. The minimum Gasteiger partial charge on any atom is -0.380 e. The zero-order chi connectivity index (χ0) is 17.9. The number of rotatable bonds is 6. The maximum Gasteiger partial charge on any atom is 0.319 e. The lowest BCUT2D eigenvalue weighted by atomic mass is 9.64. The van der Waals surface area contributed by atoms with Crippen LogP contribution in [0.1, 0.15) is 39.5 Å². The molecule has 2 aliphatic rings. The Labute approximate surface area is 148 Å². The third kappa shape index (κ3) is 4.31. The molecule has 136 valence electrons. The van der Waals surface area contributed by atoms with Crippen LogP contribution in [0.2, 0.25) is 0 Å². The smallest absolute Gasteiger partial charge is 0.319 e. The van der Waals surface area contributed by atoms with Gasteiger partial charge in [0.2, 0.25) is 5.91 Å². The van der Waals surface area contributed by atoms with Crippen LogP contribution in [0, 0.1) is 11.3 Å². The van der Waals surface area contributed by atoms with Gasteiger partial charge in [0.25, 0.3) is 0 Å². The molecule has 25 heavy (non-hydrogen) atoms. The van der Waals surface area contributed by atoms with Crippen LogP contribution in [0.25, 0.3) is 0 Å². The second kappa shape index (κ2) is 7.44. The Morgan fingerprint density at radius 1 is 1.20 bits per heavy atom. The first kappa shape index (κ1) is 17.7. The second-order valence-electron chi connectivity index (χ2n) is 7.51. The number of nitrogens with one attached hydrogen (secondary N) is 3. The molecule has 0 aromatic heterocycles. The van der Waals surface area contributed by atoms with Crippen LogP contribution in [0.4, 0.5) is 16.2 Å². The summed E-state index contributed by atoms with van der Waals surface area (Å²) in [6.45, 7) is 5.75. The Morgan fingerprint density at radius 2 is 1.84 bits per heavy atom. The summed E-state index contributed by atoms with van der Waals surface area (Å²) in [5, 5.41) is 8.74. The maximum absolute atomic E-state index is 12.2. The van der Waals surface area contributed by atoms with Crippen LogP contribution in [-0.4, -0.2) is 31.2 Å². The molecule has 1 unspecified atom stereocenters. The quantitative estimate of drug-likeness (QED) is 0.739. The highest BCUT2D eigenvalue weighted by Crippen LogP contribution is 2.46. The number of carbonyl (C=O) groups excluding carboxylic acids is 2. The van der Waals surface area contributed by atoms with Crippen LogP contribution in [0.3, 0.4) is 0 Å². The highest BCUT2D eigenvalue weighted by molar-refractivity contribution is 5.99.